The van der Waals surface area contributed by atoms with Crippen LogP contribution in [0.15, 0.2) is 17.3 Å². The average molecular weight is 324 g/mol. The molecule has 0 saturated heterocycles. The molecular weight excluding hydrogens is 317 g/mol. The highest BCUT2D eigenvalue weighted by Gasteiger charge is 2.46. The highest BCUT2D eigenvalue weighted by Crippen LogP contribution is 2.32. The van der Waals surface area contributed by atoms with Gasteiger partial charge >= 0.3 is 18.1 Å². The second kappa shape index (κ2) is 4.69. The van der Waals surface area contributed by atoms with Crippen LogP contribution in [0.3, 0.4) is 0 Å². The predicted octanol–water partition coefficient (Wildman–Crippen LogP) is 0.462. The van der Waals surface area contributed by atoms with Gasteiger partial charge in [0.05, 0.1) is 17.0 Å². The lowest BCUT2D eigenvalue weighted by Gasteiger charge is -2.29. The maximum Gasteiger partial charge on any atom is 0.471 e. The van der Waals surface area contributed by atoms with Gasteiger partial charge in [-0.1, -0.05) is 0 Å². The molecule has 114 valence electrons. The van der Waals surface area contributed by atoms with E-state index in [9.17, 15) is 31.2 Å². The van der Waals surface area contributed by atoms with Gasteiger partial charge in [-0.2, -0.15) is 13.2 Å². The number of anilines is 1. The molecule has 0 bridgehead atoms. The minimum atomic E-state index is -5.21. The van der Waals surface area contributed by atoms with Gasteiger partial charge in [-0.3, -0.25) is 4.79 Å². The number of amides is 1. The van der Waals surface area contributed by atoms with Crippen molar-refractivity contribution >= 4 is 27.4 Å². The Kier molecular flexibility index (Phi) is 3.40. The van der Waals surface area contributed by atoms with Crippen molar-refractivity contribution in [2.24, 2.45) is 0 Å². The van der Waals surface area contributed by atoms with Crippen molar-refractivity contribution in [3.8, 4) is 0 Å². The van der Waals surface area contributed by atoms with Gasteiger partial charge in [0.2, 0.25) is 0 Å². The fraction of sp³-hybridized carbons (Fsp3) is 0.300. The lowest BCUT2D eigenvalue weighted by molar-refractivity contribution is -0.170. The summed E-state index contributed by atoms with van der Waals surface area (Å²) in [5, 5.41) is 8.05. The van der Waals surface area contributed by atoms with Crippen molar-refractivity contribution in [3.63, 3.8) is 0 Å². The zero-order valence-electron chi connectivity index (χ0n) is 10.1. The smallest absolute Gasteiger partial charge is 0.471 e. The Hall–Kier alpha value is -2.17. The van der Waals surface area contributed by atoms with Gasteiger partial charge < -0.3 is 10.0 Å². The number of hydrogen-bond acceptors (Lipinski definition) is 5. The second-order valence-corrected chi connectivity index (χ2v) is 6.15. The minimum Gasteiger partial charge on any atom is -0.478 e. The van der Waals surface area contributed by atoms with E-state index in [0.29, 0.717) is 12.3 Å². The third-order valence-corrected chi connectivity index (χ3v) is 4.36. The first-order valence-electron chi connectivity index (χ1n) is 5.39. The number of aromatic nitrogens is 1. The Morgan fingerprint density at radius 1 is 1.33 bits per heavy atom. The standard InChI is InChI=1S/C10H7F3N2O5S/c11-10(12,13)9(18)15-1-2-21(19,20)7-6(15)3-5(4-14-7)8(16)17/h3-4H,1-2H2,(H,16,17). The monoisotopic (exact) mass is 324 g/mol. The van der Waals surface area contributed by atoms with E-state index in [-0.39, 0.29) is 4.90 Å². The van der Waals surface area contributed by atoms with Crippen LogP contribution in [0.5, 0.6) is 0 Å². The number of sulfone groups is 1. The molecule has 1 aliphatic rings. The van der Waals surface area contributed by atoms with Crippen LogP contribution in [0.1, 0.15) is 10.4 Å². The summed E-state index contributed by atoms with van der Waals surface area (Å²) in [4.78, 5) is 25.7. The van der Waals surface area contributed by atoms with Gasteiger partial charge in [0.15, 0.2) is 14.9 Å². The summed E-state index contributed by atoms with van der Waals surface area (Å²) >= 11 is 0. The third-order valence-electron chi connectivity index (χ3n) is 2.74. The van der Waals surface area contributed by atoms with Crippen LogP contribution >= 0.6 is 0 Å². The Labute approximate surface area is 115 Å². The molecule has 0 spiro atoms. The molecule has 0 atom stereocenters. The van der Waals surface area contributed by atoms with Crippen LogP contribution in [-0.2, 0) is 14.6 Å². The number of alkyl halides is 3. The summed E-state index contributed by atoms with van der Waals surface area (Å²) in [6, 6.07) is 0.686. The van der Waals surface area contributed by atoms with Gasteiger partial charge in [-0.05, 0) is 6.07 Å². The van der Waals surface area contributed by atoms with Crippen LogP contribution < -0.4 is 4.90 Å². The summed E-state index contributed by atoms with van der Waals surface area (Å²) in [7, 11) is -3.96. The molecule has 0 fully saturated rings. The van der Waals surface area contributed by atoms with E-state index >= 15 is 0 Å². The van der Waals surface area contributed by atoms with Gasteiger partial charge in [0, 0.05) is 12.7 Å². The Morgan fingerprint density at radius 3 is 2.48 bits per heavy atom. The summed E-state index contributed by atoms with van der Waals surface area (Å²) in [5.74, 6) is -4.50. The number of halogens is 3. The number of hydrogen-bond donors (Lipinski definition) is 1. The predicted molar refractivity (Wildman–Crippen MR) is 61.7 cm³/mol. The normalized spacial score (nSPS) is 17.2. The molecule has 1 N–H and O–H groups in total. The first-order chi connectivity index (χ1) is 9.54. The molecule has 7 nitrogen and oxygen atoms in total. The first-order valence-corrected chi connectivity index (χ1v) is 7.04. The lowest BCUT2D eigenvalue weighted by atomic mass is 10.2. The number of pyridine rings is 1. The van der Waals surface area contributed by atoms with Crippen molar-refractivity contribution in [2.45, 2.75) is 11.2 Å². The summed E-state index contributed by atoms with van der Waals surface area (Å²) in [6.45, 7) is -0.724. The maximum atomic E-state index is 12.5. The maximum absolute atomic E-state index is 12.5. The van der Waals surface area contributed by atoms with Gasteiger partial charge in [0.1, 0.15) is 0 Å². The fourth-order valence-corrected chi connectivity index (χ4v) is 3.10. The molecular formula is C10H7F3N2O5S. The lowest BCUT2D eigenvalue weighted by Crippen LogP contribution is -2.46. The van der Waals surface area contributed by atoms with E-state index in [1.165, 1.54) is 0 Å². The number of carbonyl (C=O) groups is 2. The molecule has 21 heavy (non-hydrogen) atoms. The van der Waals surface area contributed by atoms with Gasteiger partial charge in [-0.15, -0.1) is 0 Å². The van der Waals surface area contributed by atoms with Crippen molar-refractivity contribution in [3.05, 3.63) is 17.8 Å². The number of carbonyl (C=O) groups excluding carboxylic acids is 1. The highest BCUT2D eigenvalue weighted by atomic mass is 32.2. The summed E-state index contributed by atoms with van der Waals surface area (Å²) in [5.41, 5.74) is -1.20. The molecule has 1 aromatic rings. The van der Waals surface area contributed by atoms with Crippen LogP contribution in [-0.4, -0.2) is 48.9 Å². The number of rotatable bonds is 1. The van der Waals surface area contributed by atoms with Gasteiger partial charge in [-0.25, -0.2) is 18.2 Å². The Bertz CT molecular complexity index is 729. The third kappa shape index (κ3) is 2.68. The van der Waals surface area contributed by atoms with E-state index in [4.69, 9.17) is 5.11 Å². The minimum absolute atomic E-state index is 0.176. The van der Waals surface area contributed by atoms with Crippen molar-refractivity contribution < 1.29 is 36.3 Å². The molecule has 1 aliphatic heterocycles. The zero-order valence-corrected chi connectivity index (χ0v) is 10.9. The van der Waals surface area contributed by atoms with Crippen LogP contribution in [0.2, 0.25) is 0 Å². The summed E-state index contributed by atoms with van der Waals surface area (Å²) < 4.78 is 61.0. The number of carboxylic acids is 1. The van der Waals surface area contributed by atoms with E-state index in [0.717, 1.165) is 0 Å². The molecule has 2 heterocycles. The van der Waals surface area contributed by atoms with E-state index in [1.54, 1.807) is 0 Å². The number of aromatic carboxylic acids is 1. The number of nitrogens with zero attached hydrogens (tertiary/aromatic N) is 2. The molecule has 0 aromatic carbocycles. The van der Waals surface area contributed by atoms with E-state index < -0.39 is 56.5 Å². The first kappa shape index (κ1) is 15.2. The largest absolute Gasteiger partial charge is 0.478 e. The quantitative estimate of drug-likeness (QED) is 0.805. The van der Waals surface area contributed by atoms with E-state index in [2.05, 4.69) is 4.98 Å². The Balaban J connectivity index is 2.64. The average Bonchev–Trinajstić information content (AvgIpc) is 2.36. The molecule has 0 radical (unpaired) electrons. The molecule has 0 aliphatic carbocycles. The molecule has 2 rings (SSSR count). The van der Waals surface area contributed by atoms with Crippen LogP contribution in [0.25, 0.3) is 0 Å². The fourth-order valence-electron chi connectivity index (χ4n) is 1.78. The van der Waals surface area contributed by atoms with E-state index in [1.807, 2.05) is 0 Å². The van der Waals surface area contributed by atoms with Crippen LogP contribution in [0, 0.1) is 0 Å². The number of carboxylic acid groups (broad SMARTS) is 1. The molecule has 1 aromatic heterocycles. The van der Waals surface area contributed by atoms with Crippen LogP contribution in [0.4, 0.5) is 18.9 Å². The summed E-state index contributed by atoms with van der Waals surface area (Å²) in [6.07, 6.45) is -4.50. The molecule has 0 unspecified atom stereocenters. The molecule has 0 saturated carbocycles. The second-order valence-electron chi connectivity index (χ2n) is 4.13. The van der Waals surface area contributed by atoms with Gasteiger partial charge in [0.25, 0.3) is 0 Å². The van der Waals surface area contributed by atoms with Crippen molar-refractivity contribution in [1.29, 1.82) is 0 Å². The SMILES string of the molecule is O=C(O)c1cnc2c(c1)N(C(=O)C(F)(F)F)CCS2(=O)=O. The number of fused-ring (bicyclic) bond motifs is 1. The molecule has 11 heteroatoms. The molecule has 1 amide bonds. The topological polar surface area (TPSA) is 105 Å². The Morgan fingerprint density at radius 2 is 1.95 bits per heavy atom. The van der Waals surface area contributed by atoms with Crippen molar-refractivity contribution in [2.75, 3.05) is 17.2 Å². The van der Waals surface area contributed by atoms with Crippen molar-refractivity contribution in [1.82, 2.24) is 4.98 Å². The zero-order chi connectivity index (χ0) is 16.0. The highest BCUT2D eigenvalue weighted by molar-refractivity contribution is 7.91.